The minimum Gasteiger partial charge on any atom is -0.465 e. The molecule has 0 N–H and O–H groups in total. The number of halogens is 3. The van der Waals surface area contributed by atoms with E-state index in [1.165, 1.54) is 34.9 Å². The number of fused-ring (bicyclic) bond motifs is 1. The molecule has 0 radical (unpaired) electrons. The van der Waals surface area contributed by atoms with Crippen molar-refractivity contribution < 1.29 is 18.7 Å². The van der Waals surface area contributed by atoms with E-state index in [-0.39, 0.29) is 28.5 Å². The molecule has 1 heterocycles. The Morgan fingerprint density at radius 3 is 2.74 bits per heavy atom. The third kappa shape index (κ3) is 4.37. The Morgan fingerprint density at radius 1 is 1.22 bits per heavy atom. The molecule has 0 saturated carbocycles. The van der Waals surface area contributed by atoms with Gasteiger partial charge in [0.05, 0.1) is 27.4 Å². The van der Waals surface area contributed by atoms with Crippen LogP contribution in [0, 0.1) is 5.82 Å². The van der Waals surface area contributed by atoms with Gasteiger partial charge in [0.25, 0.3) is 5.91 Å². The SMILES string of the molecule is CCOC(=O)Cn1c(=NC(=O)c2cc(Cl)ccc2Cl)sc2cc(F)ccc21. The number of hydrogen-bond donors (Lipinski definition) is 0. The number of esters is 1. The highest BCUT2D eigenvalue weighted by atomic mass is 35.5. The number of benzene rings is 2. The molecule has 0 aliphatic carbocycles. The molecular formula is C18H13Cl2FN2O3S. The monoisotopic (exact) mass is 426 g/mol. The summed E-state index contributed by atoms with van der Waals surface area (Å²) in [7, 11) is 0. The van der Waals surface area contributed by atoms with E-state index < -0.39 is 17.7 Å². The average Bonchev–Trinajstić information content (AvgIpc) is 2.93. The molecule has 0 spiro atoms. The normalized spacial score (nSPS) is 11.8. The molecule has 9 heteroatoms. The maximum atomic E-state index is 13.6. The summed E-state index contributed by atoms with van der Waals surface area (Å²) < 4.78 is 20.6. The van der Waals surface area contributed by atoms with Gasteiger partial charge in [0.1, 0.15) is 12.4 Å². The third-order valence-corrected chi connectivity index (χ3v) is 5.20. The van der Waals surface area contributed by atoms with Gasteiger partial charge in [-0.3, -0.25) is 9.59 Å². The molecule has 0 aliphatic rings. The van der Waals surface area contributed by atoms with Crippen LogP contribution >= 0.6 is 34.5 Å². The highest BCUT2D eigenvalue weighted by molar-refractivity contribution is 7.16. The van der Waals surface area contributed by atoms with E-state index in [0.717, 1.165) is 11.3 Å². The third-order valence-electron chi connectivity index (χ3n) is 3.59. The Labute approximate surface area is 167 Å². The van der Waals surface area contributed by atoms with Gasteiger partial charge in [0.2, 0.25) is 0 Å². The van der Waals surface area contributed by atoms with Crippen LogP contribution in [0.5, 0.6) is 0 Å². The number of thiazole rings is 1. The number of hydrogen-bond acceptors (Lipinski definition) is 4. The molecule has 0 fully saturated rings. The zero-order valence-corrected chi connectivity index (χ0v) is 16.4. The van der Waals surface area contributed by atoms with Crippen molar-refractivity contribution in [2.45, 2.75) is 13.5 Å². The van der Waals surface area contributed by atoms with Crippen molar-refractivity contribution in [3.63, 3.8) is 0 Å². The topological polar surface area (TPSA) is 60.7 Å². The first-order valence-electron chi connectivity index (χ1n) is 7.87. The lowest BCUT2D eigenvalue weighted by molar-refractivity contribution is -0.143. The number of carbonyl (C=O) groups excluding carboxylic acids is 2. The maximum absolute atomic E-state index is 13.6. The van der Waals surface area contributed by atoms with Crippen LogP contribution in [0.15, 0.2) is 41.4 Å². The smallest absolute Gasteiger partial charge is 0.326 e. The van der Waals surface area contributed by atoms with E-state index in [1.54, 1.807) is 13.0 Å². The molecule has 0 bridgehead atoms. The summed E-state index contributed by atoms with van der Waals surface area (Å²) in [6.45, 7) is 1.76. The van der Waals surface area contributed by atoms with Crippen LogP contribution in [0.2, 0.25) is 10.0 Å². The summed E-state index contributed by atoms with van der Waals surface area (Å²) in [5, 5.41) is 0.549. The lowest BCUT2D eigenvalue weighted by Gasteiger charge is -2.05. The van der Waals surface area contributed by atoms with Crippen molar-refractivity contribution in [1.82, 2.24) is 4.57 Å². The minimum absolute atomic E-state index is 0.135. The van der Waals surface area contributed by atoms with Crippen LogP contribution in [0.25, 0.3) is 10.2 Å². The van der Waals surface area contributed by atoms with Gasteiger partial charge in [0, 0.05) is 5.02 Å². The van der Waals surface area contributed by atoms with Crippen molar-refractivity contribution >= 4 is 56.6 Å². The Balaban J connectivity index is 2.14. The van der Waals surface area contributed by atoms with Crippen LogP contribution in [0.1, 0.15) is 17.3 Å². The van der Waals surface area contributed by atoms with Crippen molar-refractivity contribution in [3.8, 4) is 0 Å². The molecule has 0 atom stereocenters. The molecule has 3 rings (SSSR count). The Hall–Kier alpha value is -2.22. The number of aromatic nitrogens is 1. The standard InChI is InChI=1S/C18H13Cl2FN2O3S/c1-2-26-16(24)9-23-14-6-4-11(21)8-15(14)27-18(23)22-17(25)12-7-10(19)3-5-13(12)20/h3-8H,2,9H2,1H3. The van der Waals surface area contributed by atoms with Gasteiger partial charge < -0.3 is 9.30 Å². The summed E-state index contributed by atoms with van der Waals surface area (Å²) in [6.07, 6.45) is 0. The van der Waals surface area contributed by atoms with Crippen molar-refractivity contribution in [3.05, 3.63) is 62.6 Å². The minimum atomic E-state index is -0.618. The summed E-state index contributed by atoms with van der Waals surface area (Å²) in [5.74, 6) is -1.54. The van der Waals surface area contributed by atoms with Crippen LogP contribution in [0.3, 0.4) is 0 Å². The summed E-state index contributed by atoms with van der Waals surface area (Å²) in [5.41, 5.74) is 0.702. The van der Waals surface area contributed by atoms with Gasteiger partial charge in [-0.1, -0.05) is 34.5 Å². The molecule has 3 aromatic rings. The molecule has 27 heavy (non-hydrogen) atoms. The van der Waals surface area contributed by atoms with E-state index in [4.69, 9.17) is 27.9 Å². The van der Waals surface area contributed by atoms with Crippen molar-refractivity contribution in [2.24, 2.45) is 4.99 Å². The van der Waals surface area contributed by atoms with Crippen LogP contribution < -0.4 is 4.80 Å². The fourth-order valence-corrected chi connectivity index (χ4v) is 3.85. The highest BCUT2D eigenvalue weighted by Crippen LogP contribution is 2.22. The second kappa shape index (κ2) is 8.21. The van der Waals surface area contributed by atoms with E-state index in [0.29, 0.717) is 15.2 Å². The number of rotatable bonds is 4. The molecule has 0 aliphatic heterocycles. The predicted molar refractivity (Wildman–Crippen MR) is 103 cm³/mol. The van der Waals surface area contributed by atoms with Gasteiger partial charge in [-0.25, -0.2) is 4.39 Å². The predicted octanol–water partition coefficient (Wildman–Crippen LogP) is 4.45. The van der Waals surface area contributed by atoms with Gasteiger partial charge >= 0.3 is 5.97 Å². The molecule has 1 aromatic heterocycles. The second-order valence-electron chi connectivity index (χ2n) is 5.43. The zero-order valence-electron chi connectivity index (χ0n) is 14.0. The molecule has 1 amide bonds. The molecule has 2 aromatic carbocycles. The fraction of sp³-hybridized carbons (Fsp3) is 0.167. The number of ether oxygens (including phenoxy) is 1. The lowest BCUT2D eigenvalue weighted by Crippen LogP contribution is -2.23. The molecular weight excluding hydrogens is 414 g/mol. The summed E-state index contributed by atoms with van der Waals surface area (Å²) in [6, 6.07) is 8.59. The first kappa shape index (κ1) is 19.5. The van der Waals surface area contributed by atoms with Gasteiger partial charge in [-0.05, 0) is 43.3 Å². The lowest BCUT2D eigenvalue weighted by atomic mass is 10.2. The first-order chi connectivity index (χ1) is 12.9. The van der Waals surface area contributed by atoms with Gasteiger partial charge in [0.15, 0.2) is 4.80 Å². The Bertz CT molecular complexity index is 1110. The van der Waals surface area contributed by atoms with Gasteiger partial charge in [-0.15, -0.1) is 0 Å². The van der Waals surface area contributed by atoms with Gasteiger partial charge in [-0.2, -0.15) is 4.99 Å². The Morgan fingerprint density at radius 2 is 2.00 bits per heavy atom. The molecule has 0 unspecified atom stereocenters. The number of amides is 1. The fourth-order valence-electron chi connectivity index (χ4n) is 2.43. The molecule has 0 saturated heterocycles. The van der Waals surface area contributed by atoms with Crippen LogP contribution in [-0.2, 0) is 16.1 Å². The van der Waals surface area contributed by atoms with Crippen LogP contribution in [0.4, 0.5) is 4.39 Å². The maximum Gasteiger partial charge on any atom is 0.326 e. The Kier molecular flexibility index (Phi) is 5.94. The highest BCUT2D eigenvalue weighted by Gasteiger charge is 2.15. The molecule has 5 nitrogen and oxygen atoms in total. The number of nitrogens with zero attached hydrogens (tertiary/aromatic N) is 2. The zero-order chi connectivity index (χ0) is 19.6. The second-order valence-corrected chi connectivity index (χ2v) is 7.28. The summed E-state index contributed by atoms with van der Waals surface area (Å²) in [4.78, 5) is 28.8. The van der Waals surface area contributed by atoms with Crippen LogP contribution in [-0.4, -0.2) is 23.1 Å². The van der Waals surface area contributed by atoms with E-state index in [2.05, 4.69) is 4.99 Å². The number of carbonyl (C=O) groups is 2. The largest absolute Gasteiger partial charge is 0.465 e. The van der Waals surface area contributed by atoms with E-state index in [1.807, 2.05) is 0 Å². The quantitative estimate of drug-likeness (QED) is 0.578. The first-order valence-corrected chi connectivity index (χ1v) is 9.45. The summed E-state index contributed by atoms with van der Waals surface area (Å²) >= 11 is 13.1. The van der Waals surface area contributed by atoms with E-state index in [9.17, 15) is 14.0 Å². The van der Waals surface area contributed by atoms with Crippen molar-refractivity contribution in [1.29, 1.82) is 0 Å². The average molecular weight is 427 g/mol. The molecule has 140 valence electrons. The van der Waals surface area contributed by atoms with Crippen molar-refractivity contribution in [2.75, 3.05) is 6.61 Å². The van der Waals surface area contributed by atoms with E-state index >= 15 is 0 Å².